The van der Waals surface area contributed by atoms with Gasteiger partial charge >= 0.3 is 6.18 Å². The second-order valence-electron chi connectivity index (χ2n) is 6.30. The number of thiocarbonyl (C=S) groups is 1. The molecule has 1 aliphatic rings. The van der Waals surface area contributed by atoms with Crippen LogP contribution in [0.3, 0.4) is 0 Å². The van der Waals surface area contributed by atoms with E-state index < -0.39 is 11.7 Å². The van der Waals surface area contributed by atoms with E-state index in [2.05, 4.69) is 10.6 Å². The van der Waals surface area contributed by atoms with Gasteiger partial charge < -0.3 is 15.4 Å². The van der Waals surface area contributed by atoms with Gasteiger partial charge in [0.25, 0.3) is 0 Å². The highest BCUT2D eigenvalue weighted by molar-refractivity contribution is 7.80. The highest BCUT2D eigenvalue weighted by atomic mass is 35.5. The average Bonchev–Trinajstić information content (AvgIpc) is 2.62. The average molecular weight is 415 g/mol. The molecule has 0 saturated carbocycles. The van der Waals surface area contributed by atoms with E-state index in [9.17, 15) is 13.2 Å². The molecule has 0 spiro atoms. The molecule has 0 saturated heterocycles. The third kappa shape index (κ3) is 4.65. The fraction of sp³-hybridized carbons (Fsp3) is 0.316. The van der Waals surface area contributed by atoms with Crippen LogP contribution in [-0.4, -0.2) is 12.2 Å². The standard InChI is InChI=1S/C19H18ClF3N2OS/c1-26-13-6-7-14-11(9-13)3-2-4-17(14)25-18(27)24-12-5-8-16(20)15(10-12)19(21,22)23/h5-10,17H,2-4H2,1H3,(H2,24,25,27)/t17-/m1/s1. The zero-order chi connectivity index (χ0) is 19.6. The molecule has 144 valence electrons. The Hall–Kier alpha value is -1.99. The first-order valence-corrected chi connectivity index (χ1v) is 9.17. The van der Waals surface area contributed by atoms with Crippen molar-refractivity contribution in [3.63, 3.8) is 0 Å². The number of hydrogen-bond acceptors (Lipinski definition) is 2. The Kier molecular flexibility index (Phi) is 5.81. The van der Waals surface area contributed by atoms with Gasteiger partial charge in [0.1, 0.15) is 5.75 Å². The number of ether oxygens (including phenoxy) is 1. The van der Waals surface area contributed by atoms with Gasteiger partial charge in [0.2, 0.25) is 0 Å². The van der Waals surface area contributed by atoms with Gasteiger partial charge in [-0.05, 0) is 72.9 Å². The zero-order valence-corrected chi connectivity index (χ0v) is 16.1. The van der Waals surface area contributed by atoms with Gasteiger partial charge in [-0.3, -0.25) is 0 Å². The number of nitrogens with one attached hydrogen (secondary N) is 2. The van der Waals surface area contributed by atoms with Crippen LogP contribution in [0.15, 0.2) is 36.4 Å². The highest BCUT2D eigenvalue weighted by Crippen LogP contribution is 2.36. The lowest BCUT2D eigenvalue weighted by molar-refractivity contribution is -0.137. The molecular formula is C19H18ClF3N2OS. The third-order valence-electron chi connectivity index (χ3n) is 4.50. The number of alkyl halides is 3. The Balaban J connectivity index is 1.73. The topological polar surface area (TPSA) is 33.3 Å². The number of fused-ring (bicyclic) bond motifs is 1. The van der Waals surface area contributed by atoms with Crippen LogP contribution in [0.2, 0.25) is 5.02 Å². The summed E-state index contributed by atoms with van der Waals surface area (Å²) in [5.74, 6) is 0.802. The van der Waals surface area contributed by atoms with Crippen molar-refractivity contribution in [2.45, 2.75) is 31.5 Å². The Morgan fingerprint density at radius 2 is 2.00 bits per heavy atom. The van der Waals surface area contributed by atoms with Crippen LogP contribution in [0, 0.1) is 0 Å². The summed E-state index contributed by atoms with van der Waals surface area (Å²) < 4.78 is 44.2. The molecule has 2 aromatic rings. The van der Waals surface area contributed by atoms with E-state index in [1.807, 2.05) is 18.2 Å². The Labute approximate surface area is 165 Å². The normalized spacial score (nSPS) is 16.4. The van der Waals surface area contributed by atoms with Crippen LogP contribution in [-0.2, 0) is 12.6 Å². The summed E-state index contributed by atoms with van der Waals surface area (Å²) in [6, 6.07) is 9.52. The molecule has 0 amide bonds. The maximum absolute atomic E-state index is 13.0. The predicted octanol–water partition coefficient (Wildman–Crippen LogP) is 5.73. The number of anilines is 1. The van der Waals surface area contributed by atoms with Crippen molar-refractivity contribution in [1.82, 2.24) is 5.32 Å². The lowest BCUT2D eigenvalue weighted by Gasteiger charge is -2.28. The van der Waals surface area contributed by atoms with Gasteiger partial charge in [0.15, 0.2) is 5.11 Å². The summed E-state index contributed by atoms with van der Waals surface area (Å²) in [5.41, 5.74) is 1.65. The minimum Gasteiger partial charge on any atom is -0.497 e. The van der Waals surface area contributed by atoms with Crippen molar-refractivity contribution in [2.75, 3.05) is 12.4 Å². The van der Waals surface area contributed by atoms with Gasteiger partial charge in [-0.25, -0.2) is 0 Å². The fourth-order valence-corrected chi connectivity index (χ4v) is 3.70. The molecule has 2 N–H and O–H groups in total. The molecular weight excluding hydrogens is 397 g/mol. The SMILES string of the molecule is COc1ccc2c(c1)CCC[C@H]2NC(=S)Nc1ccc(Cl)c(C(F)(F)F)c1. The number of rotatable bonds is 3. The smallest absolute Gasteiger partial charge is 0.417 e. The summed E-state index contributed by atoms with van der Waals surface area (Å²) in [4.78, 5) is 0. The summed E-state index contributed by atoms with van der Waals surface area (Å²) in [6.07, 6.45) is -1.70. The maximum atomic E-state index is 13.0. The molecule has 1 aliphatic carbocycles. The van der Waals surface area contributed by atoms with Gasteiger partial charge in [-0.15, -0.1) is 0 Å². The first kappa shape index (κ1) is 19.8. The molecule has 0 radical (unpaired) electrons. The van der Waals surface area contributed by atoms with Crippen LogP contribution in [0.25, 0.3) is 0 Å². The van der Waals surface area contributed by atoms with Crippen LogP contribution in [0.4, 0.5) is 18.9 Å². The minimum absolute atomic E-state index is 0.00552. The lowest BCUT2D eigenvalue weighted by Crippen LogP contribution is -2.34. The molecule has 0 aliphatic heterocycles. The molecule has 1 atom stereocenters. The van der Waals surface area contributed by atoms with Crippen molar-refractivity contribution in [3.8, 4) is 5.75 Å². The van der Waals surface area contributed by atoms with Crippen LogP contribution in [0.5, 0.6) is 5.75 Å². The van der Waals surface area contributed by atoms with Gasteiger partial charge in [0, 0.05) is 5.69 Å². The van der Waals surface area contributed by atoms with Gasteiger partial charge in [-0.2, -0.15) is 13.2 Å². The van der Waals surface area contributed by atoms with Crippen molar-refractivity contribution < 1.29 is 17.9 Å². The molecule has 27 heavy (non-hydrogen) atoms. The summed E-state index contributed by atoms with van der Waals surface area (Å²) in [5, 5.41) is 5.94. The molecule has 3 rings (SSSR count). The van der Waals surface area contributed by atoms with Crippen molar-refractivity contribution in [3.05, 3.63) is 58.1 Å². The number of benzene rings is 2. The molecule has 8 heteroatoms. The zero-order valence-electron chi connectivity index (χ0n) is 14.5. The number of methoxy groups -OCH3 is 1. The largest absolute Gasteiger partial charge is 0.497 e. The fourth-order valence-electron chi connectivity index (χ4n) is 3.21. The van der Waals surface area contributed by atoms with Crippen molar-refractivity contribution in [2.24, 2.45) is 0 Å². The molecule has 2 aromatic carbocycles. The van der Waals surface area contributed by atoms with Crippen LogP contribution >= 0.6 is 23.8 Å². The highest BCUT2D eigenvalue weighted by Gasteiger charge is 2.33. The second-order valence-corrected chi connectivity index (χ2v) is 7.12. The maximum Gasteiger partial charge on any atom is 0.417 e. The monoisotopic (exact) mass is 414 g/mol. The van der Waals surface area contributed by atoms with E-state index in [0.717, 1.165) is 36.6 Å². The molecule has 0 unspecified atom stereocenters. The van der Waals surface area contributed by atoms with Crippen molar-refractivity contribution in [1.29, 1.82) is 0 Å². The summed E-state index contributed by atoms with van der Waals surface area (Å²) >= 11 is 11.0. The summed E-state index contributed by atoms with van der Waals surface area (Å²) in [7, 11) is 1.63. The minimum atomic E-state index is -4.52. The van der Waals surface area contributed by atoms with Crippen LogP contribution < -0.4 is 15.4 Å². The summed E-state index contributed by atoms with van der Waals surface area (Å²) in [6.45, 7) is 0. The molecule has 0 heterocycles. The Morgan fingerprint density at radius 1 is 1.22 bits per heavy atom. The first-order valence-electron chi connectivity index (χ1n) is 8.39. The number of aryl methyl sites for hydroxylation is 1. The van der Waals surface area contributed by atoms with Gasteiger partial charge in [0.05, 0.1) is 23.7 Å². The number of halogens is 4. The van der Waals surface area contributed by atoms with E-state index in [-0.39, 0.29) is 21.9 Å². The molecule has 0 aromatic heterocycles. The third-order valence-corrected chi connectivity index (χ3v) is 5.05. The molecule has 3 nitrogen and oxygen atoms in total. The van der Waals surface area contributed by atoms with E-state index >= 15 is 0 Å². The lowest BCUT2D eigenvalue weighted by atomic mass is 9.87. The predicted molar refractivity (Wildman–Crippen MR) is 104 cm³/mol. The van der Waals surface area contributed by atoms with E-state index in [1.165, 1.54) is 17.7 Å². The van der Waals surface area contributed by atoms with Crippen LogP contribution in [0.1, 0.15) is 35.6 Å². The van der Waals surface area contributed by atoms with E-state index in [1.54, 1.807) is 7.11 Å². The van der Waals surface area contributed by atoms with E-state index in [4.69, 9.17) is 28.6 Å². The molecule has 0 bridgehead atoms. The number of hydrogen-bond donors (Lipinski definition) is 2. The molecule has 0 fully saturated rings. The quantitative estimate of drug-likeness (QED) is 0.628. The first-order chi connectivity index (χ1) is 12.8. The Morgan fingerprint density at radius 3 is 2.70 bits per heavy atom. The second kappa shape index (κ2) is 7.94. The van der Waals surface area contributed by atoms with E-state index in [0.29, 0.717) is 0 Å². The Bertz CT molecular complexity index is 857. The van der Waals surface area contributed by atoms with Crippen molar-refractivity contribution >= 4 is 34.6 Å². The van der Waals surface area contributed by atoms with Gasteiger partial charge in [-0.1, -0.05) is 17.7 Å².